The number of aromatic nitrogens is 2. The number of nitriles is 1. The number of allylic oxidation sites excluding steroid dienone is 1. The lowest BCUT2D eigenvalue weighted by atomic mass is 9.82. The van der Waals surface area contributed by atoms with Gasteiger partial charge in [-0.2, -0.15) is 5.26 Å². The zero-order valence-corrected chi connectivity index (χ0v) is 18.1. The lowest BCUT2D eigenvalue weighted by Gasteiger charge is -2.26. The van der Waals surface area contributed by atoms with Crippen LogP contribution in [0.4, 0.5) is 0 Å². The summed E-state index contributed by atoms with van der Waals surface area (Å²) in [6.07, 6.45) is 0. The van der Waals surface area contributed by atoms with Gasteiger partial charge in [0, 0.05) is 11.1 Å². The second-order valence-corrected chi connectivity index (χ2v) is 7.24. The second kappa shape index (κ2) is 7.87. The van der Waals surface area contributed by atoms with Gasteiger partial charge in [-0.1, -0.05) is 12.1 Å². The third kappa shape index (κ3) is 3.05. The maximum atomic E-state index is 10.0. The van der Waals surface area contributed by atoms with E-state index in [1.54, 1.807) is 13.2 Å². The van der Waals surface area contributed by atoms with Crippen molar-refractivity contribution in [1.82, 2.24) is 10.2 Å². The number of nitrogens with zero attached hydrogens (tertiary/aromatic N) is 2. The summed E-state index contributed by atoms with van der Waals surface area (Å²) in [5.41, 5.74) is 8.98. The minimum Gasteiger partial charge on any atom is -0.497 e. The average molecular weight is 448 g/mol. The smallest absolute Gasteiger partial charge is 0.244 e. The molecule has 3 N–H and O–H groups in total. The SMILES string of the molecule is COc1cccc(-c2[nH]nc3c2C(c2cc(OC)c4c(c2OC)OCO4)C(C#N)=C(N)O3)c1. The Hall–Kier alpha value is -4.52. The van der Waals surface area contributed by atoms with Crippen molar-refractivity contribution < 1.29 is 28.4 Å². The van der Waals surface area contributed by atoms with Crippen LogP contribution in [-0.4, -0.2) is 38.3 Å². The highest BCUT2D eigenvalue weighted by molar-refractivity contribution is 5.75. The molecule has 3 heterocycles. The van der Waals surface area contributed by atoms with E-state index < -0.39 is 5.92 Å². The van der Waals surface area contributed by atoms with Crippen LogP contribution in [0, 0.1) is 11.3 Å². The number of hydrogen-bond donors (Lipinski definition) is 2. The third-order valence-corrected chi connectivity index (χ3v) is 5.62. The molecule has 0 fully saturated rings. The van der Waals surface area contributed by atoms with E-state index in [-0.39, 0.29) is 24.1 Å². The minimum atomic E-state index is -0.683. The fraction of sp³-hybridized carbons (Fsp3) is 0.217. The highest BCUT2D eigenvalue weighted by Crippen LogP contribution is 2.55. The van der Waals surface area contributed by atoms with Gasteiger partial charge < -0.3 is 34.2 Å². The molecule has 2 aliphatic rings. The maximum Gasteiger partial charge on any atom is 0.244 e. The summed E-state index contributed by atoms with van der Waals surface area (Å²) in [5.74, 6) is 1.86. The van der Waals surface area contributed by atoms with Gasteiger partial charge in [-0.25, -0.2) is 0 Å². The standard InChI is InChI=1S/C23H20N4O6/c1-28-12-6-4-5-11(7-12)18-17-16(14(9-24)22(25)33-23(17)27-26-18)13-8-15(29-2)20-21(19(13)30-3)32-10-31-20/h4-8,16H,10,25H2,1-3H3,(H,26,27). The fourth-order valence-corrected chi connectivity index (χ4v) is 4.16. The molecule has 0 aliphatic carbocycles. The molecule has 0 spiro atoms. The van der Waals surface area contributed by atoms with Gasteiger partial charge in [0.1, 0.15) is 17.4 Å². The van der Waals surface area contributed by atoms with E-state index >= 15 is 0 Å². The third-order valence-electron chi connectivity index (χ3n) is 5.62. The summed E-state index contributed by atoms with van der Waals surface area (Å²) in [6.45, 7) is 0.0222. The molecule has 0 bridgehead atoms. The van der Waals surface area contributed by atoms with Crippen molar-refractivity contribution in [2.24, 2.45) is 5.73 Å². The Labute approximate surface area is 189 Å². The molecule has 0 radical (unpaired) electrons. The largest absolute Gasteiger partial charge is 0.497 e. The Morgan fingerprint density at radius 1 is 1.12 bits per heavy atom. The molecule has 3 aromatic rings. The second-order valence-electron chi connectivity index (χ2n) is 7.24. The lowest BCUT2D eigenvalue weighted by molar-refractivity contribution is 0.168. The van der Waals surface area contributed by atoms with Crippen LogP contribution >= 0.6 is 0 Å². The Balaban J connectivity index is 1.79. The molecule has 5 rings (SSSR count). The Morgan fingerprint density at radius 2 is 1.94 bits per heavy atom. The number of fused-ring (bicyclic) bond motifs is 2. The first kappa shape index (κ1) is 20.4. The zero-order valence-electron chi connectivity index (χ0n) is 18.1. The van der Waals surface area contributed by atoms with E-state index in [9.17, 15) is 5.26 Å². The Kier molecular flexibility index (Phi) is 4.86. The number of rotatable bonds is 5. The van der Waals surface area contributed by atoms with Gasteiger partial charge in [-0.3, -0.25) is 5.10 Å². The molecule has 10 heteroatoms. The predicted molar refractivity (Wildman–Crippen MR) is 116 cm³/mol. The molecule has 1 unspecified atom stereocenters. The van der Waals surface area contributed by atoms with Crippen LogP contribution in [0.3, 0.4) is 0 Å². The Bertz CT molecular complexity index is 1320. The van der Waals surface area contributed by atoms with Crippen molar-refractivity contribution in [1.29, 1.82) is 5.26 Å². The average Bonchev–Trinajstić information content (AvgIpc) is 3.49. The van der Waals surface area contributed by atoms with Gasteiger partial charge >= 0.3 is 0 Å². The van der Waals surface area contributed by atoms with Gasteiger partial charge in [-0.05, 0) is 18.2 Å². The van der Waals surface area contributed by atoms with Gasteiger partial charge in [0.2, 0.25) is 30.1 Å². The summed E-state index contributed by atoms with van der Waals surface area (Å²) in [5, 5.41) is 17.4. The van der Waals surface area contributed by atoms with Crippen LogP contribution in [0.5, 0.6) is 34.6 Å². The van der Waals surface area contributed by atoms with Crippen LogP contribution in [0.1, 0.15) is 17.0 Å². The summed E-state index contributed by atoms with van der Waals surface area (Å²) < 4.78 is 33.6. The minimum absolute atomic E-state index is 0.0222. The van der Waals surface area contributed by atoms with Crippen LogP contribution in [0.2, 0.25) is 0 Å². The molecule has 1 atom stereocenters. The molecule has 168 valence electrons. The van der Waals surface area contributed by atoms with E-state index in [0.717, 1.165) is 5.56 Å². The molecular formula is C23H20N4O6. The molecule has 10 nitrogen and oxygen atoms in total. The van der Waals surface area contributed by atoms with Gasteiger partial charge in [0.15, 0.2) is 11.5 Å². The lowest BCUT2D eigenvalue weighted by Crippen LogP contribution is -2.21. The normalized spacial score (nSPS) is 16.0. The molecular weight excluding hydrogens is 428 g/mol. The number of ether oxygens (including phenoxy) is 6. The van der Waals surface area contributed by atoms with Crippen LogP contribution < -0.4 is 34.2 Å². The molecule has 1 aromatic heterocycles. The Morgan fingerprint density at radius 3 is 2.67 bits per heavy atom. The van der Waals surface area contributed by atoms with Gasteiger partial charge in [0.05, 0.1) is 38.5 Å². The summed E-state index contributed by atoms with van der Waals surface area (Å²) in [4.78, 5) is 0. The van der Waals surface area contributed by atoms with Crippen molar-refractivity contribution in [2.45, 2.75) is 5.92 Å². The zero-order chi connectivity index (χ0) is 23.1. The molecule has 0 amide bonds. The van der Waals surface area contributed by atoms with Crippen molar-refractivity contribution in [2.75, 3.05) is 28.1 Å². The van der Waals surface area contributed by atoms with Gasteiger partial charge in [-0.15, -0.1) is 5.10 Å². The highest BCUT2D eigenvalue weighted by Gasteiger charge is 2.40. The van der Waals surface area contributed by atoms with Crippen LogP contribution in [0.25, 0.3) is 11.3 Å². The number of nitrogens with one attached hydrogen (secondary N) is 1. The van der Waals surface area contributed by atoms with E-state index in [2.05, 4.69) is 16.3 Å². The van der Waals surface area contributed by atoms with Crippen LogP contribution in [-0.2, 0) is 0 Å². The fourth-order valence-electron chi connectivity index (χ4n) is 4.16. The van der Waals surface area contributed by atoms with Crippen molar-refractivity contribution in [3.63, 3.8) is 0 Å². The van der Waals surface area contributed by atoms with E-state index in [4.69, 9.17) is 34.2 Å². The first-order valence-electron chi connectivity index (χ1n) is 9.96. The number of methoxy groups -OCH3 is 3. The van der Waals surface area contributed by atoms with E-state index in [0.29, 0.717) is 45.6 Å². The number of aromatic amines is 1. The first-order chi connectivity index (χ1) is 16.1. The predicted octanol–water partition coefficient (Wildman–Crippen LogP) is 3.05. The molecule has 2 aliphatic heterocycles. The molecule has 33 heavy (non-hydrogen) atoms. The quantitative estimate of drug-likeness (QED) is 0.604. The first-order valence-corrected chi connectivity index (χ1v) is 9.96. The number of H-pyrrole nitrogens is 1. The molecule has 2 aromatic carbocycles. The van der Waals surface area contributed by atoms with E-state index in [1.807, 2.05) is 24.3 Å². The van der Waals surface area contributed by atoms with Crippen molar-refractivity contribution in [3.8, 4) is 52.0 Å². The van der Waals surface area contributed by atoms with Crippen molar-refractivity contribution >= 4 is 0 Å². The maximum absolute atomic E-state index is 10.0. The molecule has 0 saturated carbocycles. The van der Waals surface area contributed by atoms with Crippen molar-refractivity contribution in [3.05, 3.63) is 52.9 Å². The number of nitrogens with two attached hydrogens (primary N) is 1. The highest BCUT2D eigenvalue weighted by atomic mass is 16.7. The monoisotopic (exact) mass is 448 g/mol. The van der Waals surface area contributed by atoms with E-state index in [1.165, 1.54) is 14.2 Å². The van der Waals surface area contributed by atoms with Gasteiger partial charge in [0.25, 0.3) is 0 Å². The summed E-state index contributed by atoms with van der Waals surface area (Å²) in [6, 6.07) is 11.4. The van der Waals surface area contributed by atoms with Crippen LogP contribution in [0.15, 0.2) is 41.8 Å². The molecule has 0 saturated heterocycles. The number of hydrogen-bond acceptors (Lipinski definition) is 9. The number of benzene rings is 2. The summed E-state index contributed by atoms with van der Waals surface area (Å²) in [7, 11) is 4.64. The summed E-state index contributed by atoms with van der Waals surface area (Å²) >= 11 is 0. The topological polar surface area (TPSA) is 134 Å².